The molecule has 4 aromatic rings. The van der Waals surface area contributed by atoms with E-state index in [4.69, 9.17) is 14.2 Å². The van der Waals surface area contributed by atoms with Gasteiger partial charge in [-0.2, -0.15) is 0 Å². The van der Waals surface area contributed by atoms with E-state index in [-0.39, 0.29) is 12.6 Å². The highest BCUT2D eigenvalue weighted by Crippen LogP contribution is 2.31. The van der Waals surface area contributed by atoms with Crippen molar-refractivity contribution >= 4 is 11.0 Å². The number of H-pyrrole nitrogens is 1. The van der Waals surface area contributed by atoms with Gasteiger partial charge in [0.25, 0.3) is 0 Å². The van der Waals surface area contributed by atoms with Crippen molar-refractivity contribution in [2.24, 2.45) is 0 Å². The number of nitrogens with one attached hydrogen (secondary N) is 2. The van der Waals surface area contributed by atoms with Crippen LogP contribution in [0, 0.1) is 0 Å². The first-order valence-corrected chi connectivity index (χ1v) is 10.8. The predicted octanol–water partition coefficient (Wildman–Crippen LogP) is 3.29. The highest BCUT2D eigenvalue weighted by atomic mass is 16.5. The highest BCUT2D eigenvalue weighted by Gasteiger charge is 2.17. The largest absolute Gasteiger partial charge is 0.493 e. The van der Waals surface area contributed by atoms with Gasteiger partial charge >= 0.3 is 0 Å². The molecule has 33 heavy (non-hydrogen) atoms. The predicted molar refractivity (Wildman–Crippen MR) is 126 cm³/mol. The number of hydrogen-bond acceptors (Lipinski definition) is 7. The van der Waals surface area contributed by atoms with Gasteiger partial charge in [-0.05, 0) is 41.8 Å². The lowest BCUT2D eigenvalue weighted by molar-refractivity contribution is 0.103. The second-order valence-corrected chi connectivity index (χ2v) is 7.72. The first-order valence-electron chi connectivity index (χ1n) is 10.8. The Bertz CT molecular complexity index is 1170. The summed E-state index contributed by atoms with van der Waals surface area (Å²) in [7, 11) is 3.24. The first kappa shape index (κ1) is 22.6. The van der Waals surface area contributed by atoms with Crippen LogP contribution in [0.4, 0.5) is 0 Å². The Morgan fingerprint density at radius 3 is 2.58 bits per heavy atom. The molecular weight excluding hydrogens is 420 g/mol. The first-order chi connectivity index (χ1) is 16.2. The van der Waals surface area contributed by atoms with E-state index in [2.05, 4.69) is 32.9 Å². The number of methoxy groups -OCH3 is 2. The van der Waals surface area contributed by atoms with Gasteiger partial charge < -0.3 is 24.6 Å². The normalized spacial score (nSPS) is 12.9. The van der Waals surface area contributed by atoms with Gasteiger partial charge in [0.2, 0.25) is 0 Å². The number of ether oxygens (including phenoxy) is 3. The number of rotatable bonds is 11. The van der Waals surface area contributed by atoms with Crippen molar-refractivity contribution in [1.82, 2.24) is 20.7 Å². The SMILES string of the molecule is COc1ccc(C(Cc2ccccc2)NCC(O)COc2ccc3[nH]nnc3c2)cc1OC. The quantitative estimate of drug-likeness (QED) is 0.324. The molecule has 172 valence electrons. The monoisotopic (exact) mass is 448 g/mol. The van der Waals surface area contributed by atoms with Crippen LogP contribution in [0.15, 0.2) is 66.7 Å². The van der Waals surface area contributed by atoms with E-state index in [0.29, 0.717) is 23.8 Å². The summed E-state index contributed by atoms with van der Waals surface area (Å²) in [6.07, 6.45) is 0.0589. The van der Waals surface area contributed by atoms with Crippen LogP contribution < -0.4 is 19.5 Å². The standard InChI is InChI=1S/C25H28N4O4/c1-31-24-11-8-18(13-25(24)32-2)22(12-17-6-4-3-5-7-17)26-15-19(30)16-33-20-9-10-21-23(14-20)28-29-27-21/h3-11,13-14,19,22,26,30H,12,15-16H2,1-2H3,(H,27,28,29). The lowest BCUT2D eigenvalue weighted by atomic mass is 9.98. The average molecular weight is 449 g/mol. The number of aromatic amines is 1. The van der Waals surface area contributed by atoms with E-state index in [1.54, 1.807) is 20.3 Å². The minimum absolute atomic E-state index is 0.0339. The van der Waals surface area contributed by atoms with Crippen molar-refractivity contribution < 1.29 is 19.3 Å². The molecule has 4 rings (SSSR count). The maximum absolute atomic E-state index is 10.6. The Morgan fingerprint density at radius 1 is 0.970 bits per heavy atom. The van der Waals surface area contributed by atoms with Crippen LogP contribution in [0.5, 0.6) is 17.2 Å². The Hall–Kier alpha value is -3.62. The molecule has 0 fully saturated rings. The topological polar surface area (TPSA) is 102 Å². The highest BCUT2D eigenvalue weighted by molar-refractivity contribution is 5.75. The summed E-state index contributed by atoms with van der Waals surface area (Å²) >= 11 is 0. The molecule has 3 aromatic carbocycles. The van der Waals surface area contributed by atoms with Gasteiger partial charge in [-0.3, -0.25) is 5.10 Å². The van der Waals surface area contributed by atoms with Crippen LogP contribution in [0.25, 0.3) is 11.0 Å². The van der Waals surface area contributed by atoms with Gasteiger partial charge in [0.15, 0.2) is 11.5 Å². The summed E-state index contributed by atoms with van der Waals surface area (Å²) in [5.41, 5.74) is 3.79. The fourth-order valence-corrected chi connectivity index (χ4v) is 3.67. The number of aromatic nitrogens is 3. The molecule has 0 saturated heterocycles. The second-order valence-electron chi connectivity index (χ2n) is 7.72. The van der Waals surface area contributed by atoms with Gasteiger partial charge in [0.05, 0.1) is 19.7 Å². The number of hydrogen-bond donors (Lipinski definition) is 3. The molecule has 8 heteroatoms. The Labute approximate surface area is 192 Å². The summed E-state index contributed by atoms with van der Waals surface area (Å²) in [4.78, 5) is 0. The van der Waals surface area contributed by atoms with E-state index < -0.39 is 6.10 Å². The molecule has 3 N–H and O–H groups in total. The van der Waals surface area contributed by atoms with Crippen LogP contribution in [0.2, 0.25) is 0 Å². The molecule has 2 unspecified atom stereocenters. The van der Waals surface area contributed by atoms with E-state index in [0.717, 1.165) is 23.0 Å². The minimum Gasteiger partial charge on any atom is -0.493 e. The van der Waals surface area contributed by atoms with Crippen molar-refractivity contribution in [2.75, 3.05) is 27.4 Å². The lowest BCUT2D eigenvalue weighted by Crippen LogP contribution is -2.34. The van der Waals surface area contributed by atoms with Crippen LogP contribution in [-0.4, -0.2) is 54.0 Å². The van der Waals surface area contributed by atoms with Gasteiger partial charge in [-0.15, -0.1) is 5.10 Å². The number of aliphatic hydroxyl groups excluding tert-OH is 1. The molecule has 0 saturated carbocycles. The summed E-state index contributed by atoms with van der Waals surface area (Å²) in [6, 6.07) is 21.5. The molecule has 8 nitrogen and oxygen atoms in total. The Morgan fingerprint density at radius 2 is 1.79 bits per heavy atom. The maximum Gasteiger partial charge on any atom is 0.161 e. The number of aliphatic hydroxyl groups is 1. The van der Waals surface area contributed by atoms with Crippen LogP contribution in [-0.2, 0) is 6.42 Å². The molecular formula is C25H28N4O4. The summed E-state index contributed by atoms with van der Waals surface area (Å²) in [5, 5.41) is 24.6. The zero-order valence-corrected chi connectivity index (χ0v) is 18.7. The molecule has 1 heterocycles. The van der Waals surface area contributed by atoms with Crippen molar-refractivity contribution in [1.29, 1.82) is 0 Å². The van der Waals surface area contributed by atoms with Crippen molar-refractivity contribution in [3.05, 3.63) is 77.9 Å². The number of nitrogens with zero attached hydrogens (tertiary/aromatic N) is 2. The van der Waals surface area contributed by atoms with E-state index >= 15 is 0 Å². The Kier molecular flexibility index (Phi) is 7.39. The fourth-order valence-electron chi connectivity index (χ4n) is 3.67. The molecule has 0 amide bonds. The smallest absolute Gasteiger partial charge is 0.161 e. The van der Waals surface area contributed by atoms with Gasteiger partial charge in [0.1, 0.15) is 24.0 Å². The van der Waals surface area contributed by atoms with Crippen molar-refractivity contribution in [2.45, 2.75) is 18.6 Å². The maximum atomic E-state index is 10.6. The van der Waals surface area contributed by atoms with Gasteiger partial charge in [-0.25, -0.2) is 0 Å². The molecule has 1 aromatic heterocycles. The summed E-state index contributed by atoms with van der Waals surface area (Å²) in [5.74, 6) is 1.98. The third-order valence-corrected chi connectivity index (χ3v) is 5.43. The van der Waals surface area contributed by atoms with Gasteiger partial charge in [-0.1, -0.05) is 41.6 Å². The summed E-state index contributed by atoms with van der Waals surface area (Å²) in [6.45, 7) is 0.512. The fraction of sp³-hybridized carbons (Fsp3) is 0.280. The Balaban J connectivity index is 1.41. The lowest BCUT2D eigenvalue weighted by Gasteiger charge is -2.23. The molecule has 2 atom stereocenters. The van der Waals surface area contributed by atoms with E-state index in [1.807, 2.05) is 48.5 Å². The van der Waals surface area contributed by atoms with Gasteiger partial charge in [0, 0.05) is 18.7 Å². The molecule has 0 radical (unpaired) electrons. The van der Waals surface area contributed by atoms with Crippen LogP contribution >= 0.6 is 0 Å². The summed E-state index contributed by atoms with van der Waals surface area (Å²) < 4.78 is 16.6. The van der Waals surface area contributed by atoms with E-state index in [9.17, 15) is 5.11 Å². The molecule has 0 aliphatic carbocycles. The van der Waals surface area contributed by atoms with Crippen LogP contribution in [0.1, 0.15) is 17.2 Å². The van der Waals surface area contributed by atoms with E-state index in [1.165, 1.54) is 5.56 Å². The average Bonchev–Trinajstić information content (AvgIpc) is 3.33. The molecule has 0 spiro atoms. The minimum atomic E-state index is -0.698. The zero-order valence-electron chi connectivity index (χ0n) is 18.7. The number of benzene rings is 3. The third-order valence-electron chi connectivity index (χ3n) is 5.43. The molecule has 0 aliphatic rings. The van der Waals surface area contributed by atoms with Crippen molar-refractivity contribution in [3.63, 3.8) is 0 Å². The molecule has 0 aliphatic heterocycles. The van der Waals surface area contributed by atoms with Crippen LogP contribution in [0.3, 0.4) is 0 Å². The zero-order chi connectivity index (χ0) is 23.0. The second kappa shape index (κ2) is 10.8. The number of fused-ring (bicyclic) bond motifs is 1. The molecule has 0 bridgehead atoms. The van der Waals surface area contributed by atoms with Crippen molar-refractivity contribution in [3.8, 4) is 17.2 Å². The third kappa shape index (κ3) is 5.79.